The number of alkyl halides is 3. The molecule has 0 unspecified atom stereocenters. The highest BCUT2D eigenvalue weighted by Crippen LogP contribution is 2.23. The zero-order chi connectivity index (χ0) is 15.5. The van der Waals surface area contributed by atoms with Crippen LogP contribution in [0, 0.1) is 0 Å². The molecule has 0 atom stereocenters. The summed E-state index contributed by atoms with van der Waals surface area (Å²) in [5.41, 5.74) is 0.341. The molecular weight excluding hydrogens is 311 g/mol. The minimum Gasteiger partial charge on any atom is -0.406 e. The van der Waals surface area contributed by atoms with E-state index in [0.717, 1.165) is 12.1 Å². The quantitative estimate of drug-likeness (QED) is 0.942. The van der Waals surface area contributed by atoms with Crippen molar-refractivity contribution in [1.29, 1.82) is 0 Å². The maximum absolute atomic E-state index is 12.0. The van der Waals surface area contributed by atoms with Crippen molar-refractivity contribution in [1.82, 2.24) is 9.78 Å². The van der Waals surface area contributed by atoms with Gasteiger partial charge in [-0.05, 0) is 24.3 Å². The summed E-state index contributed by atoms with van der Waals surface area (Å²) in [6, 6.07) is 4.81. The minimum atomic E-state index is -4.75. The molecule has 0 aliphatic rings. The summed E-state index contributed by atoms with van der Waals surface area (Å²) < 4.78 is 41.0. The Kier molecular flexibility index (Phi) is 4.37. The minimum absolute atomic E-state index is 0.0620. The number of carbonyl (C=O) groups is 1. The van der Waals surface area contributed by atoms with Crippen LogP contribution in [0.3, 0.4) is 0 Å². The van der Waals surface area contributed by atoms with Crippen LogP contribution in [0.5, 0.6) is 5.75 Å². The molecule has 0 radical (unpaired) electrons. The molecule has 1 amide bonds. The number of ether oxygens (including phenoxy) is 1. The van der Waals surface area contributed by atoms with Crippen molar-refractivity contribution >= 4 is 23.2 Å². The molecule has 0 bridgehead atoms. The van der Waals surface area contributed by atoms with E-state index in [2.05, 4.69) is 15.2 Å². The van der Waals surface area contributed by atoms with Gasteiger partial charge >= 0.3 is 6.36 Å². The molecule has 0 saturated heterocycles. The molecule has 2 aromatic rings. The third kappa shape index (κ3) is 4.99. The van der Waals surface area contributed by atoms with Crippen molar-refractivity contribution < 1.29 is 22.7 Å². The van der Waals surface area contributed by atoms with Gasteiger partial charge in [-0.25, -0.2) is 0 Å². The Morgan fingerprint density at radius 2 is 2.00 bits per heavy atom. The van der Waals surface area contributed by atoms with Crippen LogP contribution < -0.4 is 10.1 Å². The second kappa shape index (κ2) is 6.04. The van der Waals surface area contributed by atoms with E-state index < -0.39 is 6.36 Å². The topological polar surface area (TPSA) is 56.2 Å². The zero-order valence-electron chi connectivity index (χ0n) is 10.4. The normalized spacial score (nSPS) is 11.2. The van der Waals surface area contributed by atoms with Gasteiger partial charge in [0.25, 0.3) is 0 Å². The SMILES string of the molecule is O=C(Cn1cc(Cl)cn1)Nc1ccc(OC(F)(F)F)cc1. The number of aromatic nitrogens is 2. The molecule has 9 heteroatoms. The third-order valence-corrected chi connectivity index (χ3v) is 2.47. The summed E-state index contributed by atoms with van der Waals surface area (Å²) >= 11 is 5.65. The standard InChI is InChI=1S/C12H9ClF3N3O2/c13-8-5-17-19(6-8)7-11(20)18-9-1-3-10(4-2-9)21-12(14,15)16/h1-6H,7H2,(H,18,20). The Balaban J connectivity index is 1.92. The van der Waals surface area contributed by atoms with Gasteiger partial charge < -0.3 is 10.1 Å². The van der Waals surface area contributed by atoms with Gasteiger partial charge in [-0.3, -0.25) is 9.48 Å². The van der Waals surface area contributed by atoms with Crippen molar-refractivity contribution in [2.45, 2.75) is 12.9 Å². The number of hydrogen-bond acceptors (Lipinski definition) is 3. The van der Waals surface area contributed by atoms with Gasteiger partial charge in [-0.1, -0.05) is 11.6 Å². The molecule has 2 rings (SSSR count). The van der Waals surface area contributed by atoms with Crippen LogP contribution in [0.25, 0.3) is 0 Å². The molecule has 1 heterocycles. The van der Waals surface area contributed by atoms with Gasteiger partial charge in [0.05, 0.1) is 11.2 Å². The number of halogens is 4. The summed E-state index contributed by atoms with van der Waals surface area (Å²) in [6.07, 6.45) is -1.89. The molecule has 21 heavy (non-hydrogen) atoms. The Hall–Kier alpha value is -2.22. The number of amides is 1. The van der Waals surface area contributed by atoms with Crippen molar-refractivity contribution in [3.8, 4) is 5.75 Å². The van der Waals surface area contributed by atoms with Crippen LogP contribution in [0.2, 0.25) is 5.02 Å². The molecule has 1 N–H and O–H groups in total. The Bertz CT molecular complexity index is 625. The monoisotopic (exact) mass is 319 g/mol. The Morgan fingerprint density at radius 3 is 2.52 bits per heavy atom. The number of anilines is 1. The van der Waals surface area contributed by atoms with Gasteiger partial charge in [0.1, 0.15) is 12.3 Å². The second-order valence-electron chi connectivity index (χ2n) is 3.98. The van der Waals surface area contributed by atoms with E-state index in [-0.39, 0.29) is 18.2 Å². The molecule has 0 fully saturated rings. The first kappa shape index (κ1) is 15.2. The number of carbonyl (C=O) groups excluding carboxylic acids is 1. The number of hydrogen-bond donors (Lipinski definition) is 1. The van der Waals surface area contributed by atoms with E-state index in [1.54, 1.807) is 0 Å². The summed E-state index contributed by atoms with van der Waals surface area (Å²) in [6.45, 7) is -0.0620. The fraction of sp³-hybridized carbons (Fsp3) is 0.167. The van der Waals surface area contributed by atoms with E-state index in [4.69, 9.17) is 11.6 Å². The van der Waals surface area contributed by atoms with Crippen molar-refractivity contribution in [3.05, 3.63) is 41.7 Å². The molecule has 1 aromatic heterocycles. The van der Waals surface area contributed by atoms with E-state index in [1.165, 1.54) is 29.2 Å². The highest BCUT2D eigenvalue weighted by Gasteiger charge is 2.30. The molecule has 1 aromatic carbocycles. The lowest BCUT2D eigenvalue weighted by Crippen LogP contribution is -2.19. The van der Waals surface area contributed by atoms with Gasteiger partial charge in [-0.15, -0.1) is 13.2 Å². The van der Waals surface area contributed by atoms with Gasteiger partial charge in [0.2, 0.25) is 5.91 Å². The summed E-state index contributed by atoms with van der Waals surface area (Å²) in [7, 11) is 0. The van der Waals surface area contributed by atoms with Crippen LogP contribution in [0.15, 0.2) is 36.7 Å². The fourth-order valence-electron chi connectivity index (χ4n) is 1.51. The van der Waals surface area contributed by atoms with E-state index >= 15 is 0 Å². The lowest BCUT2D eigenvalue weighted by atomic mass is 10.3. The van der Waals surface area contributed by atoms with Crippen molar-refractivity contribution in [3.63, 3.8) is 0 Å². The van der Waals surface area contributed by atoms with Crippen LogP contribution in [0.4, 0.5) is 18.9 Å². The number of benzene rings is 1. The Labute approximate surface area is 122 Å². The first-order valence-corrected chi connectivity index (χ1v) is 6.03. The van der Waals surface area contributed by atoms with Crippen LogP contribution >= 0.6 is 11.6 Å². The number of rotatable bonds is 4. The lowest BCUT2D eigenvalue weighted by Gasteiger charge is -2.10. The highest BCUT2D eigenvalue weighted by atomic mass is 35.5. The lowest BCUT2D eigenvalue weighted by molar-refractivity contribution is -0.274. The first-order chi connectivity index (χ1) is 9.82. The Morgan fingerprint density at radius 1 is 1.33 bits per heavy atom. The van der Waals surface area contributed by atoms with Gasteiger partial charge in [-0.2, -0.15) is 5.10 Å². The summed E-state index contributed by atoms with van der Waals surface area (Å²) in [5.74, 6) is -0.751. The van der Waals surface area contributed by atoms with E-state index in [9.17, 15) is 18.0 Å². The van der Waals surface area contributed by atoms with Crippen LogP contribution in [-0.2, 0) is 11.3 Å². The zero-order valence-corrected chi connectivity index (χ0v) is 11.1. The average Bonchev–Trinajstić information content (AvgIpc) is 2.75. The molecule has 0 saturated carbocycles. The maximum atomic E-state index is 12.0. The summed E-state index contributed by atoms with van der Waals surface area (Å²) in [5, 5.41) is 6.74. The van der Waals surface area contributed by atoms with Crippen molar-refractivity contribution in [2.24, 2.45) is 0 Å². The second-order valence-corrected chi connectivity index (χ2v) is 4.41. The molecule has 112 valence electrons. The number of nitrogens with zero attached hydrogens (tertiary/aromatic N) is 2. The molecule has 0 aliphatic carbocycles. The van der Waals surface area contributed by atoms with Crippen molar-refractivity contribution in [2.75, 3.05) is 5.32 Å². The fourth-order valence-corrected chi connectivity index (χ4v) is 1.67. The largest absolute Gasteiger partial charge is 0.573 e. The van der Waals surface area contributed by atoms with E-state index in [0.29, 0.717) is 10.7 Å². The smallest absolute Gasteiger partial charge is 0.406 e. The third-order valence-electron chi connectivity index (χ3n) is 2.28. The van der Waals surface area contributed by atoms with Crippen LogP contribution in [0.1, 0.15) is 0 Å². The summed E-state index contributed by atoms with van der Waals surface area (Å²) in [4.78, 5) is 11.7. The first-order valence-electron chi connectivity index (χ1n) is 5.65. The van der Waals surface area contributed by atoms with Crippen LogP contribution in [-0.4, -0.2) is 22.1 Å². The predicted molar refractivity (Wildman–Crippen MR) is 69.0 cm³/mol. The average molecular weight is 320 g/mol. The maximum Gasteiger partial charge on any atom is 0.573 e. The molecule has 0 spiro atoms. The van der Waals surface area contributed by atoms with Gasteiger partial charge in [0, 0.05) is 11.9 Å². The van der Waals surface area contributed by atoms with Gasteiger partial charge in [0.15, 0.2) is 0 Å². The predicted octanol–water partition coefficient (Wildman–Crippen LogP) is 3.07. The highest BCUT2D eigenvalue weighted by molar-refractivity contribution is 6.30. The molecule has 0 aliphatic heterocycles. The molecular formula is C12H9ClF3N3O2. The number of nitrogens with one attached hydrogen (secondary N) is 1. The molecule has 5 nitrogen and oxygen atoms in total. The van der Waals surface area contributed by atoms with E-state index in [1.807, 2.05) is 0 Å².